The number of nitrogens with zero attached hydrogens (tertiary/aromatic N) is 1. The van der Waals surface area contributed by atoms with Crippen LogP contribution in [0, 0.1) is 5.82 Å². The van der Waals surface area contributed by atoms with Gasteiger partial charge < -0.3 is 16.8 Å². The predicted molar refractivity (Wildman–Crippen MR) is 75.3 cm³/mol. The van der Waals surface area contributed by atoms with E-state index in [-0.39, 0.29) is 24.8 Å². The van der Waals surface area contributed by atoms with Gasteiger partial charge in [-0.1, -0.05) is 0 Å². The molecule has 0 saturated carbocycles. The van der Waals surface area contributed by atoms with Gasteiger partial charge in [0.05, 0.1) is 18.8 Å². The first-order chi connectivity index (χ1) is 9.29. The van der Waals surface area contributed by atoms with Crippen LogP contribution in [0.15, 0.2) is 18.2 Å². The number of primary amides is 1. The molecule has 2 amide bonds. The number of nitrogens with one attached hydrogen (secondary N) is 1. The zero-order valence-electron chi connectivity index (χ0n) is 11.5. The number of amides is 2. The van der Waals surface area contributed by atoms with E-state index in [4.69, 9.17) is 11.5 Å². The lowest BCUT2D eigenvalue weighted by atomic mass is 10.2. The standard InChI is InChI=1S/C13H19FN4O2/c1-8(2)18(6-12(16)19)7-13(20)17-11-5-9(15)3-4-10(11)14/h3-5,8H,6-7,15H2,1-2H3,(H2,16,19)(H,17,20). The molecule has 0 aromatic heterocycles. The van der Waals surface area contributed by atoms with E-state index in [0.29, 0.717) is 5.69 Å². The van der Waals surface area contributed by atoms with Crippen LogP contribution in [-0.2, 0) is 9.59 Å². The van der Waals surface area contributed by atoms with Crippen molar-refractivity contribution >= 4 is 23.2 Å². The van der Waals surface area contributed by atoms with Crippen LogP contribution in [0.25, 0.3) is 0 Å². The van der Waals surface area contributed by atoms with Crippen LogP contribution in [-0.4, -0.2) is 35.8 Å². The van der Waals surface area contributed by atoms with Crippen molar-refractivity contribution in [1.82, 2.24) is 4.90 Å². The molecule has 6 nitrogen and oxygen atoms in total. The topological polar surface area (TPSA) is 101 Å². The molecule has 1 aromatic carbocycles. The number of nitrogen functional groups attached to an aromatic ring is 1. The second-order valence-electron chi connectivity index (χ2n) is 4.75. The van der Waals surface area contributed by atoms with E-state index in [1.54, 1.807) is 4.90 Å². The van der Waals surface area contributed by atoms with E-state index in [1.165, 1.54) is 18.2 Å². The number of hydrogen-bond acceptors (Lipinski definition) is 4. The Morgan fingerprint density at radius 2 is 2.00 bits per heavy atom. The fourth-order valence-electron chi connectivity index (χ4n) is 1.63. The molecule has 0 aliphatic rings. The number of anilines is 2. The van der Waals surface area contributed by atoms with E-state index in [0.717, 1.165) is 0 Å². The SMILES string of the molecule is CC(C)N(CC(N)=O)CC(=O)Nc1cc(N)ccc1F. The normalized spacial score (nSPS) is 10.8. The number of rotatable bonds is 6. The van der Waals surface area contributed by atoms with Crippen molar-refractivity contribution in [3.05, 3.63) is 24.0 Å². The summed E-state index contributed by atoms with van der Waals surface area (Å²) >= 11 is 0. The molecule has 5 N–H and O–H groups in total. The van der Waals surface area contributed by atoms with Crippen LogP contribution in [0.4, 0.5) is 15.8 Å². The van der Waals surface area contributed by atoms with E-state index < -0.39 is 17.6 Å². The summed E-state index contributed by atoms with van der Waals surface area (Å²) in [6, 6.07) is 3.87. The highest BCUT2D eigenvalue weighted by atomic mass is 19.1. The third-order valence-corrected chi connectivity index (χ3v) is 2.70. The molecule has 0 unspecified atom stereocenters. The smallest absolute Gasteiger partial charge is 0.238 e. The van der Waals surface area contributed by atoms with Crippen LogP contribution >= 0.6 is 0 Å². The third-order valence-electron chi connectivity index (χ3n) is 2.70. The summed E-state index contributed by atoms with van der Waals surface area (Å²) in [5.41, 5.74) is 11.0. The van der Waals surface area contributed by atoms with Gasteiger partial charge in [-0.2, -0.15) is 0 Å². The van der Waals surface area contributed by atoms with Crippen molar-refractivity contribution in [3.8, 4) is 0 Å². The maximum Gasteiger partial charge on any atom is 0.238 e. The summed E-state index contributed by atoms with van der Waals surface area (Å²) in [4.78, 5) is 24.4. The first kappa shape index (κ1) is 15.9. The van der Waals surface area contributed by atoms with Gasteiger partial charge in [0.15, 0.2) is 0 Å². The Labute approximate surface area is 116 Å². The zero-order chi connectivity index (χ0) is 15.3. The van der Waals surface area contributed by atoms with E-state index >= 15 is 0 Å². The Bertz CT molecular complexity index is 505. The maximum atomic E-state index is 13.5. The summed E-state index contributed by atoms with van der Waals surface area (Å²) in [6.45, 7) is 3.56. The van der Waals surface area contributed by atoms with E-state index in [2.05, 4.69) is 5.32 Å². The molecule has 0 saturated heterocycles. The number of nitrogens with two attached hydrogens (primary N) is 2. The van der Waals surface area contributed by atoms with Crippen molar-refractivity contribution in [2.45, 2.75) is 19.9 Å². The van der Waals surface area contributed by atoms with Gasteiger partial charge in [0.1, 0.15) is 5.82 Å². The molecule has 20 heavy (non-hydrogen) atoms. The molecule has 7 heteroatoms. The van der Waals surface area contributed by atoms with Crippen LogP contribution in [0.2, 0.25) is 0 Å². The van der Waals surface area contributed by atoms with Gasteiger partial charge in [-0.3, -0.25) is 14.5 Å². The fourth-order valence-corrected chi connectivity index (χ4v) is 1.63. The Balaban J connectivity index is 2.70. The van der Waals surface area contributed by atoms with Crippen molar-refractivity contribution in [1.29, 1.82) is 0 Å². The number of hydrogen-bond donors (Lipinski definition) is 3. The number of carbonyl (C=O) groups is 2. The van der Waals surface area contributed by atoms with Gasteiger partial charge in [-0.25, -0.2) is 4.39 Å². The first-order valence-corrected chi connectivity index (χ1v) is 6.17. The molecular weight excluding hydrogens is 263 g/mol. The molecule has 110 valence electrons. The van der Waals surface area contributed by atoms with E-state index in [1.807, 2.05) is 13.8 Å². The minimum Gasteiger partial charge on any atom is -0.399 e. The lowest BCUT2D eigenvalue weighted by molar-refractivity contribution is -0.121. The summed E-state index contributed by atoms with van der Waals surface area (Å²) in [7, 11) is 0. The average molecular weight is 282 g/mol. The van der Waals surface area contributed by atoms with Gasteiger partial charge in [0, 0.05) is 11.7 Å². The fraction of sp³-hybridized carbons (Fsp3) is 0.385. The van der Waals surface area contributed by atoms with Gasteiger partial charge in [-0.05, 0) is 32.0 Å². The van der Waals surface area contributed by atoms with Gasteiger partial charge >= 0.3 is 0 Å². The number of halogens is 1. The summed E-state index contributed by atoms with van der Waals surface area (Å²) in [6.07, 6.45) is 0. The lowest BCUT2D eigenvalue weighted by Crippen LogP contribution is -2.43. The van der Waals surface area contributed by atoms with Crippen LogP contribution in [0.3, 0.4) is 0 Å². The average Bonchev–Trinajstić information content (AvgIpc) is 2.32. The second-order valence-corrected chi connectivity index (χ2v) is 4.75. The summed E-state index contributed by atoms with van der Waals surface area (Å²) < 4.78 is 13.5. The van der Waals surface area contributed by atoms with Gasteiger partial charge in [0.2, 0.25) is 11.8 Å². The zero-order valence-corrected chi connectivity index (χ0v) is 11.5. The van der Waals surface area contributed by atoms with Crippen molar-refractivity contribution in [3.63, 3.8) is 0 Å². The maximum absolute atomic E-state index is 13.5. The molecular formula is C13H19FN4O2. The Hall–Kier alpha value is -2.15. The molecule has 0 fully saturated rings. The molecule has 0 atom stereocenters. The van der Waals surface area contributed by atoms with Crippen molar-refractivity contribution in [2.75, 3.05) is 24.1 Å². The van der Waals surface area contributed by atoms with Crippen LogP contribution in [0.1, 0.15) is 13.8 Å². The Morgan fingerprint density at radius 1 is 1.35 bits per heavy atom. The highest BCUT2D eigenvalue weighted by Crippen LogP contribution is 2.17. The lowest BCUT2D eigenvalue weighted by Gasteiger charge is -2.24. The quantitative estimate of drug-likeness (QED) is 0.663. The molecule has 0 spiro atoms. The van der Waals surface area contributed by atoms with E-state index in [9.17, 15) is 14.0 Å². The van der Waals surface area contributed by atoms with Crippen LogP contribution in [0.5, 0.6) is 0 Å². The molecule has 1 rings (SSSR count). The molecule has 0 radical (unpaired) electrons. The summed E-state index contributed by atoms with van der Waals surface area (Å²) in [5.74, 6) is -1.54. The summed E-state index contributed by atoms with van der Waals surface area (Å²) in [5, 5.41) is 2.42. The van der Waals surface area contributed by atoms with Crippen LogP contribution < -0.4 is 16.8 Å². The monoisotopic (exact) mass is 282 g/mol. The Kier molecular flexibility index (Phi) is 5.45. The minimum absolute atomic E-state index is 0.0118. The second kappa shape index (κ2) is 6.85. The molecule has 0 aliphatic carbocycles. The first-order valence-electron chi connectivity index (χ1n) is 6.17. The molecule has 0 bridgehead atoms. The molecule has 0 aliphatic heterocycles. The van der Waals surface area contributed by atoms with Crippen molar-refractivity contribution < 1.29 is 14.0 Å². The van der Waals surface area contributed by atoms with Gasteiger partial charge in [0.25, 0.3) is 0 Å². The largest absolute Gasteiger partial charge is 0.399 e. The van der Waals surface area contributed by atoms with Gasteiger partial charge in [-0.15, -0.1) is 0 Å². The van der Waals surface area contributed by atoms with Crippen molar-refractivity contribution in [2.24, 2.45) is 5.73 Å². The Morgan fingerprint density at radius 3 is 2.55 bits per heavy atom. The third kappa shape index (κ3) is 4.85. The molecule has 0 heterocycles. The minimum atomic E-state index is -0.571. The number of carbonyl (C=O) groups excluding carboxylic acids is 2. The highest BCUT2D eigenvalue weighted by molar-refractivity contribution is 5.93. The highest BCUT2D eigenvalue weighted by Gasteiger charge is 2.17. The molecule has 1 aromatic rings. The predicted octanol–water partition coefficient (Wildman–Crippen LogP) is 0.542. The number of benzene rings is 1.